The molecule has 1 aromatic heterocycles. The fraction of sp³-hybridized carbons (Fsp3) is 0.583. The fourth-order valence-electron chi connectivity index (χ4n) is 2.42. The summed E-state index contributed by atoms with van der Waals surface area (Å²) < 4.78 is 27.4. The molecule has 1 unspecified atom stereocenters. The van der Waals surface area contributed by atoms with Crippen LogP contribution in [0.3, 0.4) is 0 Å². The largest absolute Gasteiger partial charge is 0.389 e. The molecule has 112 valence electrons. The highest BCUT2D eigenvalue weighted by atomic mass is 32.2. The molecule has 0 radical (unpaired) electrons. The third-order valence-corrected chi connectivity index (χ3v) is 6.89. The number of thiocarbonyl (C=S) groups is 1. The highest BCUT2D eigenvalue weighted by Crippen LogP contribution is 2.22. The van der Waals surface area contributed by atoms with Crippen molar-refractivity contribution in [2.75, 3.05) is 19.6 Å². The summed E-state index contributed by atoms with van der Waals surface area (Å²) in [6, 6.07) is 3.49. The Hall–Kier alpha value is -0.540. The Bertz CT molecular complexity index is 583. The van der Waals surface area contributed by atoms with Crippen molar-refractivity contribution in [2.24, 2.45) is 5.73 Å². The van der Waals surface area contributed by atoms with E-state index in [1.54, 1.807) is 12.1 Å². The number of nitrogens with two attached hydrogens (primary N) is 1. The molecule has 0 aliphatic carbocycles. The van der Waals surface area contributed by atoms with Crippen molar-refractivity contribution in [3.63, 3.8) is 0 Å². The van der Waals surface area contributed by atoms with Crippen LogP contribution < -0.4 is 10.5 Å². The molecular weight excluding hydrogens is 314 g/mol. The Kier molecular flexibility index (Phi) is 5.14. The van der Waals surface area contributed by atoms with Crippen molar-refractivity contribution in [3.8, 4) is 0 Å². The van der Waals surface area contributed by atoms with E-state index in [4.69, 9.17) is 18.0 Å². The molecule has 3 N–H and O–H groups in total. The summed E-state index contributed by atoms with van der Waals surface area (Å²) in [6.07, 6.45) is 2.17. The highest BCUT2D eigenvalue weighted by molar-refractivity contribution is 7.91. The van der Waals surface area contributed by atoms with Crippen LogP contribution in [-0.2, 0) is 10.0 Å². The maximum atomic E-state index is 12.2. The van der Waals surface area contributed by atoms with Crippen molar-refractivity contribution in [2.45, 2.75) is 30.0 Å². The van der Waals surface area contributed by atoms with E-state index in [-0.39, 0.29) is 9.20 Å². The van der Waals surface area contributed by atoms with Gasteiger partial charge in [-0.15, -0.1) is 11.3 Å². The summed E-state index contributed by atoms with van der Waals surface area (Å²) in [6.45, 7) is 4.56. The number of likely N-dealkylation sites (tertiary alicyclic amines) is 1. The minimum atomic E-state index is -3.47. The minimum absolute atomic E-state index is 0.226. The molecule has 0 spiro atoms. The van der Waals surface area contributed by atoms with Crippen LogP contribution in [0.25, 0.3) is 0 Å². The summed E-state index contributed by atoms with van der Waals surface area (Å²) in [5.74, 6) is 0. The number of hydrogen-bond acceptors (Lipinski definition) is 5. The zero-order valence-corrected chi connectivity index (χ0v) is 13.8. The number of nitrogens with zero attached hydrogens (tertiary/aromatic N) is 1. The van der Waals surface area contributed by atoms with Gasteiger partial charge in [0.15, 0.2) is 0 Å². The molecule has 2 heterocycles. The van der Waals surface area contributed by atoms with Crippen molar-refractivity contribution in [1.82, 2.24) is 9.62 Å². The molecule has 1 fully saturated rings. The molecule has 1 aliphatic rings. The molecule has 2 rings (SSSR count). The number of likely N-dealkylation sites (N-methyl/N-ethyl adjacent to an activating group) is 1. The smallest absolute Gasteiger partial charge is 0.250 e. The molecule has 0 aromatic carbocycles. The first-order chi connectivity index (χ1) is 9.44. The first-order valence-electron chi connectivity index (χ1n) is 6.57. The normalized spacial score (nSPS) is 20.4. The second kappa shape index (κ2) is 6.48. The number of thiophene rings is 1. The van der Waals surface area contributed by atoms with Gasteiger partial charge < -0.3 is 5.73 Å². The molecule has 1 aliphatic heterocycles. The van der Waals surface area contributed by atoms with Crippen LogP contribution in [0.5, 0.6) is 0 Å². The van der Waals surface area contributed by atoms with Crippen LogP contribution in [0, 0.1) is 0 Å². The summed E-state index contributed by atoms with van der Waals surface area (Å²) in [5.41, 5.74) is 5.50. The molecule has 5 nitrogen and oxygen atoms in total. The second-order valence-electron chi connectivity index (χ2n) is 4.76. The van der Waals surface area contributed by atoms with E-state index in [0.717, 1.165) is 37.3 Å². The lowest BCUT2D eigenvalue weighted by atomic mass is 10.2. The van der Waals surface area contributed by atoms with Gasteiger partial charge in [0.2, 0.25) is 10.0 Å². The number of rotatable bonds is 6. The van der Waals surface area contributed by atoms with E-state index in [9.17, 15) is 8.42 Å². The zero-order chi connectivity index (χ0) is 14.8. The minimum Gasteiger partial charge on any atom is -0.389 e. The maximum absolute atomic E-state index is 12.2. The molecule has 1 atom stereocenters. The fourth-order valence-corrected chi connectivity index (χ4v) is 4.89. The predicted octanol–water partition coefficient (Wildman–Crippen LogP) is 1.14. The van der Waals surface area contributed by atoms with E-state index in [0.29, 0.717) is 17.5 Å². The van der Waals surface area contributed by atoms with Crippen LogP contribution in [-0.4, -0.2) is 44.0 Å². The van der Waals surface area contributed by atoms with E-state index in [1.165, 1.54) is 0 Å². The first kappa shape index (κ1) is 15.8. The quantitative estimate of drug-likeness (QED) is 0.764. The van der Waals surface area contributed by atoms with Gasteiger partial charge in [-0.05, 0) is 38.1 Å². The standard InChI is InChI=1S/C12H19N3O2S3/c1-2-15-7-3-4-9(15)8-14-20(16,17)11-6-5-10(19-11)12(13)18/h5-6,9,14H,2-4,7-8H2,1H3,(H2,13,18). The Balaban J connectivity index is 2.01. The van der Waals surface area contributed by atoms with Gasteiger partial charge in [-0.1, -0.05) is 19.1 Å². The van der Waals surface area contributed by atoms with Gasteiger partial charge >= 0.3 is 0 Å². The first-order valence-corrected chi connectivity index (χ1v) is 9.28. The molecule has 0 bridgehead atoms. The lowest BCUT2D eigenvalue weighted by Crippen LogP contribution is -2.39. The van der Waals surface area contributed by atoms with Gasteiger partial charge in [-0.2, -0.15) is 0 Å². The summed E-state index contributed by atoms with van der Waals surface area (Å²) >= 11 is 5.95. The number of nitrogens with one attached hydrogen (secondary N) is 1. The van der Waals surface area contributed by atoms with Crippen molar-refractivity contribution in [1.29, 1.82) is 0 Å². The van der Waals surface area contributed by atoms with Crippen LogP contribution in [0.2, 0.25) is 0 Å². The maximum Gasteiger partial charge on any atom is 0.250 e. The predicted molar refractivity (Wildman–Crippen MR) is 85.7 cm³/mol. The third-order valence-electron chi connectivity index (χ3n) is 3.50. The topological polar surface area (TPSA) is 75.4 Å². The average Bonchev–Trinajstić information content (AvgIpc) is 3.05. The zero-order valence-electron chi connectivity index (χ0n) is 11.3. The Morgan fingerprint density at radius 3 is 2.95 bits per heavy atom. The van der Waals surface area contributed by atoms with Crippen LogP contribution >= 0.6 is 23.6 Å². The molecule has 0 saturated carbocycles. The van der Waals surface area contributed by atoms with Gasteiger partial charge in [-0.25, -0.2) is 13.1 Å². The molecule has 0 amide bonds. The van der Waals surface area contributed by atoms with E-state index in [2.05, 4.69) is 16.5 Å². The second-order valence-corrected chi connectivity index (χ2v) is 8.28. The van der Waals surface area contributed by atoms with Crippen molar-refractivity contribution >= 4 is 38.6 Å². The summed E-state index contributed by atoms with van der Waals surface area (Å²) in [7, 11) is -3.47. The Morgan fingerprint density at radius 2 is 2.35 bits per heavy atom. The molecule has 1 aromatic rings. The summed E-state index contributed by atoms with van der Waals surface area (Å²) in [5, 5.41) is 0. The number of hydrogen-bond donors (Lipinski definition) is 2. The van der Waals surface area contributed by atoms with Gasteiger partial charge in [0.25, 0.3) is 0 Å². The van der Waals surface area contributed by atoms with E-state index >= 15 is 0 Å². The van der Waals surface area contributed by atoms with Crippen molar-refractivity contribution < 1.29 is 8.42 Å². The van der Waals surface area contributed by atoms with Gasteiger partial charge in [-0.3, -0.25) is 4.90 Å². The monoisotopic (exact) mass is 333 g/mol. The average molecular weight is 334 g/mol. The van der Waals surface area contributed by atoms with Crippen LogP contribution in [0.1, 0.15) is 24.6 Å². The van der Waals surface area contributed by atoms with Crippen molar-refractivity contribution in [3.05, 3.63) is 17.0 Å². The van der Waals surface area contributed by atoms with E-state index in [1.807, 2.05) is 0 Å². The van der Waals surface area contributed by atoms with Gasteiger partial charge in [0, 0.05) is 12.6 Å². The van der Waals surface area contributed by atoms with E-state index < -0.39 is 10.0 Å². The Labute approximate surface area is 129 Å². The van der Waals surface area contributed by atoms with Crippen LogP contribution in [0.15, 0.2) is 16.3 Å². The van der Waals surface area contributed by atoms with Gasteiger partial charge in [0.05, 0.1) is 4.88 Å². The van der Waals surface area contributed by atoms with Crippen LogP contribution in [0.4, 0.5) is 0 Å². The Morgan fingerprint density at radius 1 is 1.60 bits per heavy atom. The molecular formula is C12H19N3O2S3. The molecule has 8 heteroatoms. The van der Waals surface area contributed by atoms with Gasteiger partial charge in [0.1, 0.15) is 9.20 Å². The molecule has 1 saturated heterocycles. The molecule has 20 heavy (non-hydrogen) atoms. The lowest BCUT2D eigenvalue weighted by Gasteiger charge is -2.22. The third kappa shape index (κ3) is 3.56. The highest BCUT2D eigenvalue weighted by Gasteiger charge is 2.25. The SMILES string of the molecule is CCN1CCCC1CNS(=O)(=O)c1ccc(C(N)=S)s1. The number of sulfonamides is 1. The lowest BCUT2D eigenvalue weighted by molar-refractivity contribution is 0.268. The summed E-state index contributed by atoms with van der Waals surface area (Å²) in [4.78, 5) is 3.15.